The van der Waals surface area contributed by atoms with Gasteiger partial charge in [0, 0.05) is 44.8 Å². The normalized spacial score (nSPS) is 16.4. The lowest BCUT2D eigenvalue weighted by Gasteiger charge is -2.24. The Labute approximate surface area is 231 Å². The van der Waals surface area contributed by atoms with E-state index in [1.54, 1.807) is 30.4 Å². The minimum absolute atomic E-state index is 0.0101. The van der Waals surface area contributed by atoms with Crippen molar-refractivity contribution in [2.75, 3.05) is 25.0 Å². The van der Waals surface area contributed by atoms with Crippen LogP contribution >= 0.6 is 0 Å². The average molecular weight is 550 g/mol. The number of nitrogens with one attached hydrogen (secondary N) is 1. The average Bonchev–Trinajstić information content (AvgIpc) is 3.61. The van der Waals surface area contributed by atoms with Gasteiger partial charge in [-0.3, -0.25) is 4.40 Å². The highest BCUT2D eigenvalue weighted by molar-refractivity contribution is 5.69. The molecule has 1 saturated heterocycles. The SMILES string of the molecule is C[C@@H](CCO)c1nc(C2CCN(C(=O)OC(C)(C)C)C2)c2cnc(Nc3ccnc(-c4cnn(C)c4O)n3)cn12. The summed E-state index contributed by atoms with van der Waals surface area (Å²) in [4.78, 5) is 32.8. The van der Waals surface area contributed by atoms with Crippen molar-refractivity contribution in [2.24, 2.45) is 7.05 Å². The Hall–Kier alpha value is -4.26. The Morgan fingerprint density at radius 1 is 1.23 bits per heavy atom. The number of anilines is 2. The molecule has 40 heavy (non-hydrogen) atoms. The monoisotopic (exact) mass is 549 g/mol. The standard InChI is InChI=1S/C27H35N9O4/c1-16(8-11-37)24-33-22(17-7-10-35(14-17)26(39)40-27(2,3)4)19-13-29-21(15-36(19)24)31-20-6-9-28-23(32-20)18-12-30-34(5)25(18)38/h6,9,12-13,15-17,37-38H,7-8,10-11,14H2,1-5H3,(H,28,31,32)/t16-,17?/m0/s1. The molecule has 0 saturated carbocycles. The Bertz CT molecular complexity index is 1520. The zero-order chi connectivity index (χ0) is 28.6. The fourth-order valence-corrected chi connectivity index (χ4v) is 4.82. The van der Waals surface area contributed by atoms with Crippen LogP contribution in [0.2, 0.25) is 0 Å². The van der Waals surface area contributed by atoms with Gasteiger partial charge >= 0.3 is 6.09 Å². The molecule has 0 bridgehead atoms. The highest BCUT2D eigenvalue weighted by Gasteiger charge is 2.33. The molecule has 13 heteroatoms. The van der Waals surface area contributed by atoms with Gasteiger partial charge in [0.25, 0.3) is 0 Å². The zero-order valence-electron chi connectivity index (χ0n) is 23.4. The third-order valence-electron chi connectivity index (χ3n) is 6.87. The first-order valence-corrected chi connectivity index (χ1v) is 13.3. The molecule has 0 aromatic carbocycles. The van der Waals surface area contributed by atoms with E-state index in [-0.39, 0.29) is 30.4 Å². The summed E-state index contributed by atoms with van der Waals surface area (Å²) in [6.45, 7) is 8.76. The van der Waals surface area contributed by atoms with Crippen LogP contribution in [-0.4, -0.2) is 80.6 Å². The number of hydrogen-bond donors (Lipinski definition) is 3. The molecule has 212 valence electrons. The molecule has 1 aliphatic rings. The molecule has 1 fully saturated rings. The first-order chi connectivity index (χ1) is 19.0. The number of ether oxygens (including phenoxy) is 1. The minimum Gasteiger partial charge on any atom is -0.493 e. The number of amides is 1. The summed E-state index contributed by atoms with van der Waals surface area (Å²) in [7, 11) is 1.63. The topological polar surface area (TPSA) is 156 Å². The van der Waals surface area contributed by atoms with Crippen molar-refractivity contribution in [3.63, 3.8) is 0 Å². The number of likely N-dealkylation sites (tertiary alicyclic amines) is 1. The number of carbonyl (C=O) groups is 1. The van der Waals surface area contributed by atoms with Crippen LogP contribution in [0.25, 0.3) is 16.9 Å². The number of carbonyl (C=O) groups excluding carboxylic acids is 1. The van der Waals surface area contributed by atoms with E-state index >= 15 is 0 Å². The summed E-state index contributed by atoms with van der Waals surface area (Å²) >= 11 is 0. The molecule has 2 atom stereocenters. The smallest absolute Gasteiger partial charge is 0.410 e. The number of aromatic hydroxyl groups is 1. The van der Waals surface area contributed by atoms with Gasteiger partial charge in [0.05, 0.1) is 29.8 Å². The molecule has 4 aromatic heterocycles. The van der Waals surface area contributed by atoms with Crippen LogP contribution in [-0.2, 0) is 11.8 Å². The Balaban J connectivity index is 1.44. The van der Waals surface area contributed by atoms with Gasteiger partial charge in [-0.05, 0) is 39.7 Å². The lowest BCUT2D eigenvalue weighted by molar-refractivity contribution is 0.0292. The van der Waals surface area contributed by atoms with Crippen LogP contribution in [0.15, 0.2) is 30.9 Å². The third-order valence-corrected chi connectivity index (χ3v) is 6.87. The van der Waals surface area contributed by atoms with Crippen molar-refractivity contribution in [3.8, 4) is 17.3 Å². The maximum Gasteiger partial charge on any atom is 0.410 e. The quantitative estimate of drug-likeness (QED) is 0.311. The lowest BCUT2D eigenvalue weighted by atomic mass is 10.0. The van der Waals surface area contributed by atoms with Crippen molar-refractivity contribution in [1.29, 1.82) is 0 Å². The molecule has 5 rings (SSSR count). The Kier molecular flexibility index (Phi) is 7.32. The highest BCUT2D eigenvalue weighted by atomic mass is 16.6. The Morgan fingerprint density at radius 3 is 2.73 bits per heavy atom. The molecule has 13 nitrogen and oxygen atoms in total. The molecule has 4 aromatic rings. The second-order valence-electron chi connectivity index (χ2n) is 11.1. The van der Waals surface area contributed by atoms with E-state index in [4.69, 9.17) is 9.72 Å². The van der Waals surface area contributed by atoms with Crippen molar-refractivity contribution >= 4 is 23.2 Å². The number of aromatic nitrogens is 7. The number of aliphatic hydroxyl groups is 1. The zero-order valence-corrected chi connectivity index (χ0v) is 23.4. The summed E-state index contributed by atoms with van der Waals surface area (Å²) in [5, 5.41) is 27.1. The first kappa shape index (κ1) is 27.3. The molecule has 1 amide bonds. The maximum atomic E-state index is 12.7. The van der Waals surface area contributed by atoms with E-state index in [0.29, 0.717) is 42.5 Å². The predicted molar refractivity (Wildman–Crippen MR) is 147 cm³/mol. The van der Waals surface area contributed by atoms with Gasteiger partial charge in [-0.1, -0.05) is 6.92 Å². The molecule has 5 heterocycles. The van der Waals surface area contributed by atoms with E-state index in [2.05, 4.69) is 25.4 Å². The van der Waals surface area contributed by atoms with Crippen molar-refractivity contribution in [3.05, 3.63) is 42.4 Å². The lowest BCUT2D eigenvalue weighted by Crippen LogP contribution is -2.35. The minimum atomic E-state index is -0.556. The highest BCUT2D eigenvalue weighted by Crippen LogP contribution is 2.34. The van der Waals surface area contributed by atoms with Gasteiger partial charge in [0.15, 0.2) is 5.82 Å². The predicted octanol–water partition coefficient (Wildman–Crippen LogP) is 3.58. The van der Waals surface area contributed by atoms with E-state index in [1.165, 1.54) is 10.9 Å². The van der Waals surface area contributed by atoms with Crippen LogP contribution in [0.3, 0.4) is 0 Å². The largest absolute Gasteiger partial charge is 0.493 e. The van der Waals surface area contributed by atoms with Gasteiger partial charge in [0.2, 0.25) is 5.88 Å². The second kappa shape index (κ2) is 10.7. The van der Waals surface area contributed by atoms with Crippen LogP contribution < -0.4 is 5.32 Å². The van der Waals surface area contributed by atoms with Gasteiger partial charge in [-0.25, -0.2) is 29.4 Å². The number of aliphatic hydroxyl groups excluding tert-OH is 1. The van der Waals surface area contributed by atoms with E-state index in [9.17, 15) is 15.0 Å². The summed E-state index contributed by atoms with van der Waals surface area (Å²) in [5.41, 5.74) is 1.59. The molecule has 1 aliphatic heterocycles. The molecule has 0 spiro atoms. The van der Waals surface area contributed by atoms with Gasteiger partial charge in [-0.15, -0.1) is 0 Å². The maximum absolute atomic E-state index is 12.7. The second-order valence-corrected chi connectivity index (χ2v) is 11.1. The number of aryl methyl sites for hydroxylation is 1. The van der Waals surface area contributed by atoms with E-state index in [0.717, 1.165) is 23.5 Å². The van der Waals surface area contributed by atoms with Crippen molar-refractivity contribution < 1.29 is 19.7 Å². The fraction of sp³-hybridized carbons (Fsp3) is 0.481. The summed E-state index contributed by atoms with van der Waals surface area (Å²) in [6.07, 6.45) is 7.74. The van der Waals surface area contributed by atoms with Crippen molar-refractivity contribution in [2.45, 2.75) is 58.0 Å². The van der Waals surface area contributed by atoms with E-state index in [1.807, 2.05) is 38.3 Å². The number of nitrogens with zero attached hydrogens (tertiary/aromatic N) is 8. The van der Waals surface area contributed by atoms with Gasteiger partial charge in [0.1, 0.15) is 28.6 Å². The molecular weight excluding hydrogens is 514 g/mol. The molecule has 3 N–H and O–H groups in total. The summed E-state index contributed by atoms with van der Waals surface area (Å²) < 4.78 is 8.91. The van der Waals surface area contributed by atoms with Crippen molar-refractivity contribution in [1.82, 2.24) is 39.0 Å². The molecule has 1 unspecified atom stereocenters. The van der Waals surface area contributed by atoms with Gasteiger partial charge < -0.3 is 25.2 Å². The molecular formula is C27H35N9O4. The number of imidazole rings is 1. The summed E-state index contributed by atoms with van der Waals surface area (Å²) in [5.74, 6) is 2.17. The van der Waals surface area contributed by atoms with Crippen LogP contribution in [0.4, 0.5) is 16.4 Å². The van der Waals surface area contributed by atoms with Crippen LogP contribution in [0.1, 0.15) is 63.9 Å². The third kappa shape index (κ3) is 5.55. The van der Waals surface area contributed by atoms with Crippen LogP contribution in [0, 0.1) is 0 Å². The van der Waals surface area contributed by atoms with Crippen LogP contribution in [0.5, 0.6) is 5.88 Å². The van der Waals surface area contributed by atoms with Gasteiger partial charge in [-0.2, -0.15) is 5.10 Å². The number of rotatable bonds is 7. The number of fused-ring (bicyclic) bond motifs is 1. The number of hydrogen-bond acceptors (Lipinski definition) is 10. The summed E-state index contributed by atoms with van der Waals surface area (Å²) in [6, 6.07) is 1.71. The molecule has 0 aliphatic carbocycles. The molecule has 0 radical (unpaired) electrons. The fourth-order valence-electron chi connectivity index (χ4n) is 4.82. The Morgan fingerprint density at radius 2 is 2.02 bits per heavy atom. The van der Waals surface area contributed by atoms with E-state index < -0.39 is 5.60 Å². The first-order valence-electron chi connectivity index (χ1n) is 13.3.